The van der Waals surface area contributed by atoms with Gasteiger partial charge in [0.05, 0.1) is 0 Å². The number of rotatable bonds is 5. The first-order chi connectivity index (χ1) is 11.5. The highest BCUT2D eigenvalue weighted by Gasteiger charge is 2.25. The first-order valence-electron chi connectivity index (χ1n) is 8.71. The summed E-state index contributed by atoms with van der Waals surface area (Å²) in [6.07, 6.45) is 6.78. The number of amides is 1. The van der Waals surface area contributed by atoms with Crippen LogP contribution in [0.4, 0.5) is 0 Å². The van der Waals surface area contributed by atoms with Crippen molar-refractivity contribution in [3.8, 4) is 0 Å². The van der Waals surface area contributed by atoms with E-state index in [0.717, 1.165) is 30.4 Å². The maximum atomic E-state index is 12.2. The summed E-state index contributed by atoms with van der Waals surface area (Å²) in [5.74, 6) is -0.242. The van der Waals surface area contributed by atoms with Gasteiger partial charge in [-0.2, -0.15) is 0 Å². The van der Waals surface area contributed by atoms with Gasteiger partial charge in [0.1, 0.15) is 0 Å². The quantitative estimate of drug-likeness (QED) is 0.663. The molecular weight excluding hydrogens is 302 g/mol. The van der Waals surface area contributed by atoms with E-state index in [9.17, 15) is 9.59 Å². The van der Waals surface area contributed by atoms with Crippen LogP contribution in [0.5, 0.6) is 0 Å². The predicted molar refractivity (Wildman–Crippen MR) is 95.3 cm³/mol. The second-order valence-electron chi connectivity index (χ2n) is 6.70. The predicted octanol–water partition coefficient (Wildman–Crippen LogP) is 3.63. The van der Waals surface area contributed by atoms with Gasteiger partial charge >= 0.3 is 5.97 Å². The zero-order valence-electron chi connectivity index (χ0n) is 14.7. The summed E-state index contributed by atoms with van der Waals surface area (Å²) in [5.41, 5.74) is 2.06. The maximum absolute atomic E-state index is 12.2. The lowest BCUT2D eigenvalue weighted by Gasteiger charge is -2.30. The van der Waals surface area contributed by atoms with Crippen LogP contribution in [0.25, 0.3) is 6.08 Å². The SMILES string of the molecule is Cc1cccc(/C=C/C(=O)O[C@@H](C)C(=O)N[C@@H]2CCCC[C@@H]2C)c1. The van der Waals surface area contributed by atoms with E-state index < -0.39 is 12.1 Å². The van der Waals surface area contributed by atoms with Gasteiger partial charge in [-0.15, -0.1) is 0 Å². The van der Waals surface area contributed by atoms with Gasteiger partial charge < -0.3 is 10.1 Å². The summed E-state index contributed by atoms with van der Waals surface area (Å²) in [6.45, 7) is 5.76. The van der Waals surface area contributed by atoms with Gasteiger partial charge in [-0.25, -0.2) is 4.79 Å². The third kappa shape index (κ3) is 5.52. The minimum atomic E-state index is -0.784. The molecule has 1 amide bonds. The lowest BCUT2D eigenvalue weighted by molar-refractivity contribution is -0.150. The smallest absolute Gasteiger partial charge is 0.331 e. The summed E-state index contributed by atoms with van der Waals surface area (Å²) in [6, 6.07) is 8.01. The molecule has 3 atom stereocenters. The van der Waals surface area contributed by atoms with Crippen molar-refractivity contribution in [1.29, 1.82) is 0 Å². The molecule has 2 rings (SSSR count). The molecule has 1 saturated carbocycles. The Hall–Kier alpha value is -2.10. The summed E-state index contributed by atoms with van der Waals surface area (Å²) in [5, 5.41) is 3.01. The van der Waals surface area contributed by atoms with Crippen molar-refractivity contribution in [2.75, 3.05) is 0 Å². The summed E-state index contributed by atoms with van der Waals surface area (Å²) < 4.78 is 5.20. The molecule has 0 spiro atoms. The second-order valence-corrected chi connectivity index (χ2v) is 6.70. The summed E-state index contributed by atoms with van der Waals surface area (Å²) in [4.78, 5) is 24.1. The van der Waals surface area contributed by atoms with Crippen molar-refractivity contribution in [2.24, 2.45) is 5.92 Å². The van der Waals surface area contributed by atoms with Crippen molar-refractivity contribution < 1.29 is 14.3 Å². The molecule has 1 aromatic carbocycles. The third-order valence-electron chi connectivity index (χ3n) is 4.56. The monoisotopic (exact) mass is 329 g/mol. The van der Waals surface area contributed by atoms with E-state index in [4.69, 9.17) is 4.74 Å². The molecule has 0 heterocycles. The first-order valence-corrected chi connectivity index (χ1v) is 8.71. The van der Waals surface area contributed by atoms with Crippen LogP contribution in [0.1, 0.15) is 50.7 Å². The van der Waals surface area contributed by atoms with Crippen LogP contribution < -0.4 is 5.32 Å². The maximum Gasteiger partial charge on any atom is 0.331 e. The van der Waals surface area contributed by atoms with Crippen LogP contribution >= 0.6 is 0 Å². The van der Waals surface area contributed by atoms with Crippen molar-refractivity contribution >= 4 is 18.0 Å². The number of esters is 1. The minimum absolute atomic E-state index is 0.190. The molecule has 0 unspecified atom stereocenters. The fourth-order valence-corrected chi connectivity index (χ4v) is 3.04. The van der Waals surface area contributed by atoms with E-state index >= 15 is 0 Å². The van der Waals surface area contributed by atoms with Crippen LogP contribution in [0.15, 0.2) is 30.3 Å². The second kappa shape index (κ2) is 8.67. The van der Waals surface area contributed by atoms with E-state index in [0.29, 0.717) is 5.92 Å². The van der Waals surface area contributed by atoms with Gasteiger partial charge in [-0.1, -0.05) is 49.6 Å². The topological polar surface area (TPSA) is 55.4 Å². The number of nitrogens with one attached hydrogen (secondary N) is 1. The summed E-state index contributed by atoms with van der Waals surface area (Å²) >= 11 is 0. The minimum Gasteiger partial charge on any atom is -0.449 e. The van der Waals surface area contributed by atoms with Crippen LogP contribution in [-0.2, 0) is 14.3 Å². The van der Waals surface area contributed by atoms with Crippen molar-refractivity contribution in [2.45, 2.75) is 58.6 Å². The molecule has 0 saturated heterocycles. The molecule has 1 N–H and O–H groups in total. The fourth-order valence-electron chi connectivity index (χ4n) is 3.04. The molecule has 1 aliphatic rings. The van der Waals surface area contributed by atoms with E-state index in [-0.39, 0.29) is 11.9 Å². The van der Waals surface area contributed by atoms with Crippen molar-refractivity contribution in [1.82, 2.24) is 5.32 Å². The zero-order valence-corrected chi connectivity index (χ0v) is 14.7. The van der Waals surface area contributed by atoms with Gasteiger partial charge in [-0.05, 0) is 44.2 Å². The Bertz CT molecular complexity index is 609. The largest absolute Gasteiger partial charge is 0.449 e. The van der Waals surface area contributed by atoms with E-state index in [1.54, 1.807) is 13.0 Å². The Morgan fingerprint density at radius 1 is 1.29 bits per heavy atom. The molecule has 0 aliphatic heterocycles. The number of aryl methyl sites for hydroxylation is 1. The number of carbonyl (C=O) groups is 2. The third-order valence-corrected chi connectivity index (χ3v) is 4.56. The number of hydrogen-bond acceptors (Lipinski definition) is 3. The Kier molecular flexibility index (Phi) is 6.59. The van der Waals surface area contributed by atoms with Gasteiger partial charge in [-0.3, -0.25) is 4.79 Å². The molecule has 1 fully saturated rings. The number of hydrogen-bond donors (Lipinski definition) is 1. The first kappa shape index (κ1) is 18.2. The van der Waals surface area contributed by atoms with Crippen molar-refractivity contribution in [3.63, 3.8) is 0 Å². The molecule has 24 heavy (non-hydrogen) atoms. The highest BCUT2D eigenvalue weighted by Crippen LogP contribution is 2.23. The molecule has 130 valence electrons. The standard InChI is InChI=1S/C20H27NO3/c1-14-7-6-9-17(13-14)11-12-19(22)24-16(3)20(23)21-18-10-5-4-8-15(18)2/h6-7,9,11-13,15-16,18H,4-5,8,10H2,1-3H3,(H,21,23)/b12-11+/t15-,16-,18+/m0/s1. The normalized spacial score (nSPS) is 22.1. The molecular formula is C20H27NO3. The number of carbonyl (C=O) groups excluding carboxylic acids is 2. The molecule has 4 nitrogen and oxygen atoms in total. The van der Waals surface area contributed by atoms with Gasteiger partial charge in [0.15, 0.2) is 6.10 Å². The fraction of sp³-hybridized carbons (Fsp3) is 0.500. The van der Waals surface area contributed by atoms with Crippen LogP contribution in [0.2, 0.25) is 0 Å². The van der Waals surface area contributed by atoms with E-state index in [1.165, 1.54) is 12.5 Å². The molecule has 1 aromatic rings. The lowest BCUT2D eigenvalue weighted by atomic mass is 9.86. The van der Waals surface area contributed by atoms with Crippen LogP contribution in [-0.4, -0.2) is 24.0 Å². The molecule has 0 radical (unpaired) electrons. The summed E-state index contributed by atoms with van der Waals surface area (Å²) in [7, 11) is 0. The molecule has 0 aromatic heterocycles. The van der Waals surface area contributed by atoms with Crippen LogP contribution in [0, 0.1) is 12.8 Å². The Balaban J connectivity index is 1.83. The lowest BCUT2D eigenvalue weighted by Crippen LogP contribution is -2.45. The zero-order chi connectivity index (χ0) is 17.5. The molecule has 1 aliphatic carbocycles. The number of ether oxygens (including phenoxy) is 1. The Labute approximate surface area is 144 Å². The van der Waals surface area contributed by atoms with Gasteiger partial charge in [0.2, 0.25) is 0 Å². The molecule has 4 heteroatoms. The Morgan fingerprint density at radius 2 is 2.04 bits per heavy atom. The highest BCUT2D eigenvalue weighted by atomic mass is 16.5. The highest BCUT2D eigenvalue weighted by molar-refractivity contribution is 5.90. The van der Waals surface area contributed by atoms with Gasteiger partial charge in [0.25, 0.3) is 5.91 Å². The molecule has 0 bridgehead atoms. The van der Waals surface area contributed by atoms with E-state index in [1.807, 2.05) is 31.2 Å². The van der Waals surface area contributed by atoms with Crippen molar-refractivity contribution in [3.05, 3.63) is 41.5 Å². The van der Waals surface area contributed by atoms with Gasteiger partial charge in [0, 0.05) is 12.1 Å². The Morgan fingerprint density at radius 3 is 2.75 bits per heavy atom. The number of benzene rings is 1. The van der Waals surface area contributed by atoms with E-state index in [2.05, 4.69) is 12.2 Å². The van der Waals surface area contributed by atoms with Crippen LogP contribution in [0.3, 0.4) is 0 Å². The average Bonchev–Trinajstić information content (AvgIpc) is 2.55. The average molecular weight is 329 g/mol.